The number of hydrogen-bond acceptors (Lipinski definition) is 5. The molecule has 1 saturated heterocycles. The van der Waals surface area contributed by atoms with Gasteiger partial charge in [0.05, 0.1) is 13.2 Å². The second kappa shape index (κ2) is 4.75. The summed E-state index contributed by atoms with van der Waals surface area (Å²) in [6.07, 6.45) is 0. The van der Waals surface area contributed by atoms with Gasteiger partial charge in [0, 0.05) is 16.1 Å². The summed E-state index contributed by atoms with van der Waals surface area (Å²) in [6, 6.07) is -1.07. The molecule has 1 rings (SSSR count). The minimum Gasteiger partial charge on any atom is -0.465 e. The Labute approximate surface area is 90.7 Å². The van der Waals surface area contributed by atoms with Crippen LogP contribution in [0.3, 0.4) is 0 Å². The maximum atomic E-state index is 11.2. The van der Waals surface area contributed by atoms with Crippen LogP contribution >= 0.6 is 16.1 Å². The summed E-state index contributed by atoms with van der Waals surface area (Å²) < 4.78 is 11.0. The van der Waals surface area contributed by atoms with E-state index in [1.54, 1.807) is 13.8 Å². The molecule has 14 heavy (non-hydrogen) atoms. The Kier molecular flexibility index (Phi) is 3.88. The molecule has 2 atom stereocenters. The molecule has 0 aromatic heterocycles. The van der Waals surface area contributed by atoms with Gasteiger partial charge < -0.3 is 9.47 Å². The maximum absolute atomic E-state index is 11.2. The smallest absolute Gasteiger partial charge is 0.326 e. The van der Waals surface area contributed by atoms with Gasteiger partial charge in [-0.05, 0) is 13.8 Å². The first-order chi connectivity index (χ1) is 6.63. The van der Waals surface area contributed by atoms with E-state index in [1.165, 1.54) is 3.93 Å². The summed E-state index contributed by atoms with van der Waals surface area (Å²) in [7, 11) is 0. The standard InChI is InChI=1S/C8H12BrNO4/c1-3-13-7(11)5-6(10(5)9)8(12)14-4-2/h5-6H,3-4H2,1-2H3/t5-,6-/m0/s1. The van der Waals surface area contributed by atoms with Crippen LogP contribution in [-0.2, 0) is 19.1 Å². The molecule has 0 aromatic carbocycles. The van der Waals surface area contributed by atoms with Crippen LogP contribution < -0.4 is 0 Å². The lowest BCUT2D eigenvalue weighted by Crippen LogP contribution is -2.20. The highest BCUT2D eigenvalue weighted by molar-refractivity contribution is 9.07. The predicted molar refractivity (Wildman–Crippen MR) is 51.6 cm³/mol. The topological polar surface area (TPSA) is 55.6 Å². The lowest BCUT2D eigenvalue weighted by atomic mass is 10.3. The van der Waals surface area contributed by atoms with Gasteiger partial charge in [-0.25, -0.2) is 3.93 Å². The van der Waals surface area contributed by atoms with Crippen LogP contribution in [0.5, 0.6) is 0 Å². The van der Waals surface area contributed by atoms with Crippen LogP contribution in [0.25, 0.3) is 0 Å². The van der Waals surface area contributed by atoms with Crippen LogP contribution in [0.2, 0.25) is 0 Å². The van der Waals surface area contributed by atoms with E-state index in [0.717, 1.165) is 0 Å². The van der Waals surface area contributed by atoms with Crippen LogP contribution in [0, 0.1) is 0 Å². The van der Waals surface area contributed by atoms with E-state index < -0.39 is 24.0 Å². The van der Waals surface area contributed by atoms with Gasteiger partial charge in [0.25, 0.3) is 0 Å². The Bertz CT molecular complexity index is 221. The molecule has 1 heterocycles. The molecule has 5 nitrogen and oxygen atoms in total. The highest BCUT2D eigenvalue weighted by atomic mass is 79.9. The van der Waals surface area contributed by atoms with Crippen molar-refractivity contribution in [2.75, 3.05) is 13.2 Å². The minimum absolute atomic E-state index is 0.311. The van der Waals surface area contributed by atoms with Crippen LogP contribution in [0.4, 0.5) is 0 Å². The summed E-state index contributed by atoms with van der Waals surface area (Å²) in [5, 5.41) is 0. The Hall–Kier alpha value is -0.620. The van der Waals surface area contributed by atoms with E-state index in [0.29, 0.717) is 13.2 Å². The number of hydrogen-bond donors (Lipinski definition) is 0. The van der Waals surface area contributed by atoms with Crippen molar-refractivity contribution >= 4 is 28.1 Å². The first-order valence-electron chi connectivity index (χ1n) is 4.40. The molecule has 0 amide bonds. The molecule has 0 saturated carbocycles. The fourth-order valence-corrected chi connectivity index (χ4v) is 1.80. The number of rotatable bonds is 4. The highest BCUT2D eigenvalue weighted by Gasteiger charge is 2.58. The molecule has 1 aliphatic heterocycles. The summed E-state index contributed by atoms with van der Waals surface area (Å²) in [5.74, 6) is -0.801. The van der Waals surface area contributed by atoms with E-state index in [-0.39, 0.29) is 0 Å². The number of carbonyl (C=O) groups excluding carboxylic acids is 2. The number of halogens is 1. The van der Waals surface area contributed by atoms with Crippen molar-refractivity contribution in [2.45, 2.75) is 25.9 Å². The van der Waals surface area contributed by atoms with Crippen molar-refractivity contribution in [1.29, 1.82) is 0 Å². The molecule has 1 aliphatic rings. The Morgan fingerprint density at radius 3 is 1.79 bits per heavy atom. The minimum atomic E-state index is -0.533. The van der Waals surface area contributed by atoms with Gasteiger partial charge >= 0.3 is 11.9 Å². The average Bonchev–Trinajstić information content (AvgIpc) is 2.78. The average molecular weight is 266 g/mol. The second-order valence-corrected chi connectivity index (χ2v) is 3.56. The molecule has 0 spiro atoms. The molecule has 0 unspecified atom stereocenters. The molecule has 0 radical (unpaired) electrons. The van der Waals surface area contributed by atoms with Gasteiger partial charge in [0.2, 0.25) is 0 Å². The fourth-order valence-electron chi connectivity index (χ4n) is 1.12. The van der Waals surface area contributed by atoms with Gasteiger partial charge in [-0.3, -0.25) is 9.59 Å². The maximum Gasteiger partial charge on any atom is 0.326 e. The van der Waals surface area contributed by atoms with Crippen molar-refractivity contribution in [3.63, 3.8) is 0 Å². The summed E-state index contributed by atoms with van der Waals surface area (Å²) in [5.41, 5.74) is 0. The molecular weight excluding hydrogens is 254 g/mol. The first kappa shape index (κ1) is 11.5. The van der Waals surface area contributed by atoms with Gasteiger partial charge in [-0.15, -0.1) is 0 Å². The van der Waals surface area contributed by atoms with Crippen LogP contribution in [-0.4, -0.2) is 41.2 Å². The summed E-state index contributed by atoms with van der Waals surface area (Å²) >= 11 is 3.09. The zero-order valence-electron chi connectivity index (χ0n) is 8.03. The third kappa shape index (κ3) is 2.24. The Morgan fingerprint density at radius 2 is 1.50 bits per heavy atom. The molecular formula is C8H12BrNO4. The van der Waals surface area contributed by atoms with E-state index in [1.807, 2.05) is 0 Å². The zero-order chi connectivity index (χ0) is 10.7. The van der Waals surface area contributed by atoms with Crippen LogP contribution in [0.1, 0.15) is 13.8 Å². The molecule has 0 aromatic rings. The first-order valence-corrected chi connectivity index (χ1v) is 5.11. The van der Waals surface area contributed by atoms with Gasteiger partial charge in [0.15, 0.2) is 0 Å². The quantitative estimate of drug-likeness (QED) is 0.420. The molecule has 1 fully saturated rings. The van der Waals surface area contributed by atoms with Crippen molar-refractivity contribution in [2.24, 2.45) is 0 Å². The molecule has 0 N–H and O–H groups in total. The van der Waals surface area contributed by atoms with Crippen LogP contribution in [0.15, 0.2) is 0 Å². The van der Waals surface area contributed by atoms with E-state index >= 15 is 0 Å². The lowest BCUT2D eigenvalue weighted by molar-refractivity contribution is -0.147. The molecule has 0 aliphatic carbocycles. The van der Waals surface area contributed by atoms with Crippen molar-refractivity contribution in [3.8, 4) is 0 Å². The van der Waals surface area contributed by atoms with E-state index in [4.69, 9.17) is 9.47 Å². The van der Waals surface area contributed by atoms with Crippen molar-refractivity contribution < 1.29 is 19.1 Å². The monoisotopic (exact) mass is 265 g/mol. The van der Waals surface area contributed by atoms with E-state index in [2.05, 4.69) is 16.1 Å². The third-order valence-electron chi connectivity index (χ3n) is 1.80. The summed E-state index contributed by atoms with van der Waals surface area (Å²) in [6.45, 7) is 4.06. The van der Waals surface area contributed by atoms with E-state index in [9.17, 15) is 9.59 Å². The largest absolute Gasteiger partial charge is 0.465 e. The normalized spacial score (nSPS) is 29.5. The second-order valence-electron chi connectivity index (χ2n) is 2.74. The number of nitrogens with zero attached hydrogens (tertiary/aromatic N) is 1. The molecule has 0 bridgehead atoms. The molecule has 80 valence electrons. The number of ether oxygens (including phenoxy) is 2. The number of carbonyl (C=O) groups is 2. The van der Waals surface area contributed by atoms with Crippen molar-refractivity contribution in [3.05, 3.63) is 0 Å². The fraction of sp³-hybridized carbons (Fsp3) is 0.750. The van der Waals surface area contributed by atoms with Gasteiger partial charge in [-0.1, -0.05) is 0 Å². The summed E-state index contributed by atoms with van der Waals surface area (Å²) in [4.78, 5) is 22.5. The third-order valence-corrected chi connectivity index (χ3v) is 2.68. The Balaban J connectivity index is 2.45. The lowest BCUT2D eigenvalue weighted by Gasteiger charge is -1.98. The number of esters is 2. The van der Waals surface area contributed by atoms with Crippen molar-refractivity contribution in [1.82, 2.24) is 3.93 Å². The van der Waals surface area contributed by atoms with Gasteiger partial charge in [0.1, 0.15) is 12.1 Å². The van der Waals surface area contributed by atoms with Gasteiger partial charge in [-0.2, -0.15) is 0 Å². The SMILES string of the molecule is CCOC(=O)[C@@H]1[C@@H](C(=O)OCC)N1Br. The predicted octanol–water partition coefficient (Wildman–Crippen LogP) is 0.475. The zero-order valence-corrected chi connectivity index (χ0v) is 9.61. The highest BCUT2D eigenvalue weighted by Crippen LogP contribution is 2.34. The molecule has 6 heteroatoms. The Morgan fingerprint density at radius 1 is 1.14 bits per heavy atom.